The third-order valence-electron chi connectivity index (χ3n) is 3.02. The first-order valence-electron chi connectivity index (χ1n) is 7.61. The van der Waals surface area contributed by atoms with Gasteiger partial charge in [0.25, 0.3) is 0 Å². The molecule has 1 aromatic rings. The molecule has 118 valence electrons. The Balaban J connectivity index is 2.06. The fourth-order valence-electron chi connectivity index (χ4n) is 1.94. The van der Waals surface area contributed by atoms with Crippen LogP contribution in [0.1, 0.15) is 45.6 Å². The van der Waals surface area contributed by atoms with Crippen LogP contribution >= 0.6 is 0 Å². The third-order valence-corrected chi connectivity index (χ3v) is 3.02. The van der Waals surface area contributed by atoms with Gasteiger partial charge in [-0.25, -0.2) is 4.79 Å². The minimum Gasteiger partial charge on any atom is -0.444 e. The summed E-state index contributed by atoms with van der Waals surface area (Å²) in [6.07, 6.45) is 0.543. The second-order valence-electron chi connectivity index (χ2n) is 6.30. The normalized spacial score (nSPS) is 12.8. The molecule has 0 aliphatic carbocycles. The van der Waals surface area contributed by atoms with Crippen molar-refractivity contribution in [2.45, 2.75) is 45.6 Å². The summed E-state index contributed by atoms with van der Waals surface area (Å²) >= 11 is 0. The fraction of sp³-hybridized carbons (Fsp3) is 0.588. The van der Waals surface area contributed by atoms with E-state index in [9.17, 15) is 4.79 Å². The summed E-state index contributed by atoms with van der Waals surface area (Å²) in [6.45, 7) is 10.2. The summed E-state index contributed by atoms with van der Waals surface area (Å²) in [5, 5.41) is 6.17. The lowest BCUT2D eigenvalue weighted by Gasteiger charge is -2.19. The molecule has 1 amide bonds. The van der Waals surface area contributed by atoms with E-state index in [-0.39, 0.29) is 6.09 Å². The molecule has 0 spiro atoms. The Hall–Kier alpha value is -1.55. The van der Waals surface area contributed by atoms with Crippen molar-refractivity contribution in [2.75, 3.05) is 19.6 Å². The van der Waals surface area contributed by atoms with Gasteiger partial charge in [-0.2, -0.15) is 0 Å². The molecule has 1 unspecified atom stereocenters. The molecule has 1 aromatic carbocycles. The molecule has 0 fully saturated rings. The van der Waals surface area contributed by atoms with E-state index >= 15 is 0 Å². The summed E-state index contributed by atoms with van der Waals surface area (Å²) in [6, 6.07) is 10.5. The van der Waals surface area contributed by atoms with Crippen molar-refractivity contribution in [1.82, 2.24) is 10.6 Å². The van der Waals surface area contributed by atoms with Crippen molar-refractivity contribution < 1.29 is 9.53 Å². The first kappa shape index (κ1) is 17.5. The summed E-state index contributed by atoms with van der Waals surface area (Å²) < 4.78 is 5.17. The van der Waals surface area contributed by atoms with Gasteiger partial charge in [0.2, 0.25) is 0 Å². The average Bonchev–Trinajstić information content (AvgIpc) is 2.41. The summed E-state index contributed by atoms with van der Waals surface area (Å²) in [7, 11) is 0. The van der Waals surface area contributed by atoms with Gasteiger partial charge in [-0.05, 0) is 45.2 Å². The van der Waals surface area contributed by atoms with E-state index < -0.39 is 5.60 Å². The van der Waals surface area contributed by atoms with Gasteiger partial charge >= 0.3 is 6.09 Å². The van der Waals surface area contributed by atoms with Gasteiger partial charge in [-0.3, -0.25) is 0 Å². The predicted molar refractivity (Wildman–Crippen MR) is 86.6 cm³/mol. The van der Waals surface area contributed by atoms with E-state index in [2.05, 4.69) is 41.8 Å². The molecular formula is C17H28N2O2. The first-order valence-corrected chi connectivity index (χ1v) is 7.61. The van der Waals surface area contributed by atoms with Crippen molar-refractivity contribution in [3.8, 4) is 0 Å². The molecule has 0 aromatic heterocycles. The standard InChI is InChI=1S/C17H28N2O2/c1-14(15-9-6-5-7-10-15)13-18-11-8-12-19-16(20)21-17(2,3)4/h5-7,9-10,14,18H,8,11-13H2,1-4H3,(H,19,20). The minimum atomic E-state index is -0.437. The van der Waals surface area contributed by atoms with Crippen LogP contribution in [0.3, 0.4) is 0 Å². The summed E-state index contributed by atoms with van der Waals surface area (Å²) in [5.41, 5.74) is 0.907. The number of alkyl carbamates (subject to hydrolysis) is 1. The van der Waals surface area contributed by atoms with Gasteiger partial charge in [0.05, 0.1) is 0 Å². The number of amides is 1. The number of hydrogen-bond donors (Lipinski definition) is 2. The molecule has 21 heavy (non-hydrogen) atoms. The Morgan fingerprint density at radius 3 is 2.48 bits per heavy atom. The van der Waals surface area contributed by atoms with Crippen molar-refractivity contribution in [3.05, 3.63) is 35.9 Å². The summed E-state index contributed by atoms with van der Waals surface area (Å²) in [5.74, 6) is 0.491. The molecule has 4 nitrogen and oxygen atoms in total. The molecule has 0 saturated carbocycles. The molecule has 1 atom stereocenters. The van der Waals surface area contributed by atoms with Crippen molar-refractivity contribution in [3.63, 3.8) is 0 Å². The largest absolute Gasteiger partial charge is 0.444 e. The molecule has 0 radical (unpaired) electrons. The van der Waals surface area contributed by atoms with Crippen LogP contribution in [0.2, 0.25) is 0 Å². The van der Waals surface area contributed by atoms with Gasteiger partial charge in [-0.15, -0.1) is 0 Å². The van der Waals surface area contributed by atoms with Crippen LogP contribution in [0.4, 0.5) is 4.79 Å². The Bertz CT molecular complexity index is 413. The Morgan fingerprint density at radius 1 is 1.19 bits per heavy atom. The van der Waals surface area contributed by atoms with Crippen LogP contribution in [0.25, 0.3) is 0 Å². The Morgan fingerprint density at radius 2 is 1.86 bits per heavy atom. The lowest BCUT2D eigenvalue weighted by Crippen LogP contribution is -2.34. The molecule has 4 heteroatoms. The van der Waals surface area contributed by atoms with Crippen molar-refractivity contribution in [1.29, 1.82) is 0 Å². The van der Waals surface area contributed by atoms with Crippen LogP contribution < -0.4 is 10.6 Å². The summed E-state index contributed by atoms with van der Waals surface area (Å²) in [4.78, 5) is 11.4. The number of carbonyl (C=O) groups is 1. The monoisotopic (exact) mass is 292 g/mol. The fourth-order valence-corrected chi connectivity index (χ4v) is 1.94. The zero-order valence-corrected chi connectivity index (χ0v) is 13.6. The number of benzene rings is 1. The zero-order valence-electron chi connectivity index (χ0n) is 13.6. The van der Waals surface area contributed by atoms with E-state index in [4.69, 9.17) is 4.74 Å². The smallest absolute Gasteiger partial charge is 0.407 e. The SMILES string of the molecule is CC(CNCCCNC(=O)OC(C)(C)C)c1ccccc1. The zero-order chi connectivity index (χ0) is 15.7. The lowest BCUT2D eigenvalue weighted by molar-refractivity contribution is 0.0527. The highest BCUT2D eigenvalue weighted by Gasteiger charge is 2.15. The third kappa shape index (κ3) is 8.35. The molecule has 1 rings (SSSR count). The maximum Gasteiger partial charge on any atom is 0.407 e. The Kier molecular flexibility index (Phi) is 7.23. The van der Waals surface area contributed by atoms with E-state index in [1.165, 1.54) is 5.56 Å². The first-order chi connectivity index (χ1) is 9.88. The van der Waals surface area contributed by atoms with Gasteiger partial charge in [-0.1, -0.05) is 37.3 Å². The number of rotatable bonds is 7. The number of ether oxygens (including phenoxy) is 1. The van der Waals surface area contributed by atoms with Crippen molar-refractivity contribution in [2.24, 2.45) is 0 Å². The topological polar surface area (TPSA) is 50.4 Å². The van der Waals surface area contributed by atoms with Gasteiger partial charge in [0, 0.05) is 13.1 Å². The highest BCUT2D eigenvalue weighted by atomic mass is 16.6. The second-order valence-corrected chi connectivity index (χ2v) is 6.30. The molecule has 2 N–H and O–H groups in total. The maximum absolute atomic E-state index is 11.4. The highest BCUT2D eigenvalue weighted by molar-refractivity contribution is 5.67. The van der Waals surface area contributed by atoms with E-state index in [0.29, 0.717) is 12.5 Å². The molecule has 0 bridgehead atoms. The van der Waals surface area contributed by atoms with Crippen LogP contribution in [0.5, 0.6) is 0 Å². The molecule has 0 aliphatic rings. The Labute approximate surface area is 128 Å². The van der Waals surface area contributed by atoms with Gasteiger partial charge in [0.1, 0.15) is 5.60 Å². The number of nitrogens with one attached hydrogen (secondary N) is 2. The quantitative estimate of drug-likeness (QED) is 0.758. The van der Waals surface area contributed by atoms with E-state index in [1.54, 1.807) is 0 Å². The average molecular weight is 292 g/mol. The number of hydrogen-bond acceptors (Lipinski definition) is 3. The minimum absolute atomic E-state index is 0.347. The number of carbonyl (C=O) groups excluding carboxylic acids is 1. The second kappa shape index (κ2) is 8.67. The highest BCUT2D eigenvalue weighted by Crippen LogP contribution is 2.12. The van der Waals surface area contributed by atoms with E-state index in [0.717, 1.165) is 19.5 Å². The predicted octanol–water partition coefficient (Wildman–Crippen LogP) is 3.29. The lowest BCUT2D eigenvalue weighted by atomic mass is 10.0. The van der Waals surface area contributed by atoms with Crippen LogP contribution in [-0.2, 0) is 4.74 Å². The maximum atomic E-state index is 11.4. The van der Waals surface area contributed by atoms with Crippen LogP contribution in [0.15, 0.2) is 30.3 Å². The molecule has 0 heterocycles. The van der Waals surface area contributed by atoms with E-state index in [1.807, 2.05) is 26.8 Å². The van der Waals surface area contributed by atoms with Crippen molar-refractivity contribution >= 4 is 6.09 Å². The molecule has 0 aliphatic heterocycles. The molecular weight excluding hydrogens is 264 g/mol. The van der Waals surface area contributed by atoms with Gasteiger partial charge < -0.3 is 15.4 Å². The van der Waals surface area contributed by atoms with Gasteiger partial charge in [0.15, 0.2) is 0 Å². The van der Waals surface area contributed by atoms with Crippen LogP contribution in [0, 0.1) is 0 Å². The van der Waals surface area contributed by atoms with Crippen LogP contribution in [-0.4, -0.2) is 31.3 Å². The molecule has 0 saturated heterocycles.